The van der Waals surface area contributed by atoms with Crippen LogP contribution in [-0.4, -0.2) is 35.7 Å². The molecule has 0 spiro atoms. The van der Waals surface area contributed by atoms with Gasteiger partial charge in [-0.2, -0.15) is 0 Å². The highest BCUT2D eigenvalue weighted by Crippen LogP contribution is 2.24. The van der Waals surface area contributed by atoms with E-state index in [2.05, 4.69) is 5.32 Å². The first-order valence-electron chi connectivity index (χ1n) is 8.55. The van der Waals surface area contributed by atoms with E-state index < -0.39 is 0 Å². The van der Waals surface area contributed by atoms with E-state index in [1.165, 1.54) is 32.1 Å². The molecule has 2 fully saturated rings. The zero-order chi connectivity index (χ0) is 16.8. The van der Waals surface area contributed by atoms with Crippen LogP contribution >= 0.6 is 11.8 Å². The number of hydrogen-bond donors (Lipinski definition) is 1. The number of imide groups is 1. The molecule has 1 aromatic carbocycles. The van der Waals surface area contributed by atoms with Gasteiger partial charge in [-0.15, -0.1) is 0 Å². The highest BCUT2D eigenvalue weighted by molar-refractivity contribution is 8.15. The van der Waals surface area contributed by atoms with E-state index >= 15 is 0 Å². The zero-order valence-electron chi connectivity index (χ0n) is 13.7. The van der Waals surface area contributed by atoms with Crippen LogP contribution in [0, 0.1) is 0 Å². The Morgan fingerprint density at radius 3 is 2.46 bits per heavy atom. The predicted octanol–water partition coefficient (Wildman–Crippen LogP) is 3.31. The average Bonchev–Trinajstić information content (AvgIpc) is 2.91. The molecule has 5 nitrogen and oxygen atoms in total. The van der Waals surface area contributed by atoms with Crippen molar-refractivity contribution in [1.82, 2.24) is 5.32 Å². The van der Waals surface area contributed by atoms with Crippen molar-refractivity contribution >= 4 is 22.9 Å². The van der Waals surface area contributed by atoms with Crippen LogP contribution in [0.3, 0.4) is 0 Å². The number of nitrogens with one attached hydrogen (secondary N) is 1. The molecular formula is C18H23NO4S. The summed E-state index contributed by atoms with van der Waals surface area (Å²) in [4.78, 5) is 22.7. The summed E-state index contributed by atoms with van der Waals surface area (Å²) < 4.78 is 11.5. The maximum atomic E-state index is 11.6. The van der Waals surface area contributed by atoms with Gasteiger partial charge in [0.05, 0.1) is 18.0 Å². The van der Waals surface area contributed by atoms with Crippen LogP contribution in [0.1, 0.15) is 37.7 Å². The molecule has 2 aliphatic rings. The Balaban J connectivity index is 1.38. The molecule has 1 unspecified atom stereocenters. The standard InChI is InChI=1S/C18H23NO4S/c20-17-16(24-18(21)19-17)12-13-6-8-15(9-7-13)23-11-10-22-14-4-2-1-3-5-14/h6-9,14,16H,1-5,10-12H2,(H,19,20,21). The molecule has 0 bridgehead atoms. The van der Waals surface area contributed by atoms with Crippen LogP contribution in [0.5, 0.6) is 5.75 Å². The van der Waals surface area contributed by atoms with Crippen LogP contribution < -0.4 is 10.1 Å². The van der Waals surface area contributed by atoms with E-state index in [9.17, 15) is 9.59 Å². The van der Waals surface area contributed by atoms with Gasteiger partial charge >= 0.3 is 0 Å². The molecule has 2 amide bonds. The van der Waals surface area contributed by atoms with Gasteiger partial charge in [0, 0.05) is 0 Å². The number of amides is 2. The van der Waals surface area contributed by atoms with E-state index in [-0.39, 0.29) is 16.4 Å². The van der Waals surface area contributed by atoms with Crippen LogP contribution in [0.2, 0.25) is 0 Å². The third kappa shape index (κ3) is 4.98. The molecule has 1 saturated heterocycles. The second kappa shape index (κ2) is 8.53. The predicted molar refractivity (Wildman–Crippen MR) is 93.4 cm³/mol. The number of carbonyl (C=O) groups excluding carboxylic acids is 2. The number of rotatable bonds is 7. The third-order valence-electron chi connectivity index (χ3n) is 4.37. The first kappa shape index (κ1) is 17.3. The van der Waals surface area contributed by atoms with E-state index in [0.717, 1.165) is 23.1 Å². The fourth-order valence-electron chi connectivity index (χ4n) is 3.07. The lowest BCUT2D eigenvalue weighted by Gasteiger charge is -2.21. The summed E-state index contributed by atoms with van der Waals surface area (Å²) >= 11 is 1.06. The molecule has 1 aliphatic heterocycles. The minimum atomic E-state index is -0.326. The molecule has 0 aromatic heterocycles. The normalized spacial score (nSPS) is 21.8. The van der Waals surface area contributed by atoms with Crippen LogP contribution in [0.25, 0.3) is 0 Å². The van der Waals surface area contributed by atoms with Gasteiger partial charge in [0.25, 0.3) is 5.24 Å². The van der Waals surface area contributed by atoms with Gasteiger partial charge in [-0.25, -0.2) is 0 Å². The lowest BCUT2D eigenvalue weighted by molar-refractivity contribution is -0.118. The fraction of sp³-hybridized carbons (Fsp3) is 0.556. The Hall–Kier alpha value is -1.53. The van der Waals surface area contributed by atoms with Gasteiger partial charge in [-0.05, 0) is 37.0 Å². The molecule has 1 aliphatic carbocycles. The largest absolute Gasteiger partial charge is 0.491 e. The van der Waals surface area contributed by atoms with E-state index in [1.54, 1.807) is 0 Å². The van der Waals surface area contributed by atoms with Gasteiger partial charge in [0.15, 0.2) is 0 Å². The highest BCUT2D eigenvalue weighted by atomic mass is 32.2. The summed E-state index contributed by atoms with van der Waals surface area (Å²) in [6.07, 6.45) is 7.17. The molecule has 1 atom stereocenters. The summed E-state index contributed by atoms with van der Waals surface area (Å²) in [5, 5.41) is 1.72. The monoisotopic (exact) mass is 349 g/mol. The van der Waals surface area contributed by atoms with E-state index in [4.69, 9.17) is 9.47 Å². The van der Waals surface area contributed by atoms with Crippen molar-refractivity contribution in [3.05, 3.63) is 29.8 Å². The van der Waals surface area contributed by atoms with Crippen molar-refractivity contribution in [2.75, 3.05) is 13.2 Å². The number of carbonyl (C=O) groups is 2. The molecule has 1 aromatic rings. The topological polar surface area (TPSA) is 64.6 Å². The van der Waals surface area contributed by atoms with Crippen LogP contribution in [0.4, 0.5) is 4.79 Å². The minimum absolute atomic E-state index is 0.204. The zero-order valence-corrected chi connectivity index (χ0v) is 14.5. The Bertz CT molecular complexity index is 569. The Labute approximate surface area is 146 Å². The van der Waals surface area contributed by atoms with E-state index in [1.807, 2.05) is 24.3 Å². The molecule has 130 valence electrons. The van der Waals surface area contributed by atoms with Gasteiger partial charge < -0.3 is 9.47 Å². The lowest BCUT2D eigenvalue weighted by Crippen LogP contribution is -2.25. The van der Waals surface area contributed by atoms with E-state index in [0.29, 0.717) is 25.7 Å². The molecule has 6 heteroatoms. The van der Waals surface area contributed by atoms with Crippen molar-refractivity contribution in [2.45, 2.75) is 49.9 Å². The fourth-order valence-corrected chi connectivity index (χ4v) is 3.93. The second-order valence-corrected chi connectivity index (χ2v) is 7.39. The summed E-state index contributed by atoms with van der Waals surface area (Å²) in [6.45, 7) is 1.17. The average molecular weight is 349 g/mol. The second-order valence-electron chi connectivity index (χ2n) is 6.21. The SMILES string of the molecule is O=C1NC(=O)C(Cc2ccc(OCCOC3CCCCC3)cc2)S1. The highest BCUT2D eigenvalue weighted by Gasteiger charge is 2.31. The summed E-state index contributed by atoms with van der Waals surface area (Å²) in [7, 11) is 0. The maximum Gasteiger partial charge on any atom is 0.286 e. The number of thioether (sulfide) groups is 1. The Morgan fingerprint density at radius 1 is 1.04 bits per heavy atom. The van der Waals surface area contributed by atoms with Gasteiger partial charge in [0.2, 0.25) is 5.91 Å². The Kier molecular flexibility index (Phi) is 6.15. The molecule has 1 saturated carbocycles. The van der Waals surface area contributed by atoms with Gasteiger partial charge in [-0.1, -0.05) is 43.2 Å². The quantitative estimate of drug-likeness (QED) is 0.765. The number of ether oxygens (including phenoxy) is 2. The minimum Gasteiger partial charge on any atom is -0.491 e. The summed E-state index contributed by atoms with van der Waals surface area (Å²) in [5.74, 6) is 0.593. The van der Waals surface area contributed by atoms with Crippen LogP contribution in [-0.2, 0) is 16.0 Å². The summed E-state index contributed by atoms with van der Waals surface area (Å²) in [5.41, 5.74) is 1.02. The molecule has 0 radical (unpaired) electrons. The van der Waals surface area contributed by atoms with Crippen molar-refractivity contribution in [2.24, 2.45) is 0 Å². The molecule has 1 heterocycles. The smallest absolute Gasteiger partial charge is 0.286 e. The van der Waals surface area contributed by atoms with Crippen molar-refractivity contribution in [3.8, 4) is 5.75 Å². The first-order chi connectivity index (χ1) is 11.7. The summed E-state index contributed by atoms with van der Waals surface area (Å²) in [6, 6.07) is 7.67. The van der Waals surface area contributed by atoms with Gasteiger partial charge in [0.1, 0.15) is 12.4 Å². The molecule has 3 rings (SSSR count). The first-order valence-corrected chi connectivity index (χ1v) is 9.43. The van der Waals surface area contributed by atoms with Crippen molar-refractivity contribution in [1.29, 1.82) is 0 Å². The van der Waals surface area contributed by atoms with Gasteiger partial charge in [-0.3, -0.25) is 14.9 Å². The Morgan fingerprint density at radius 2 is 1.79 bits per heavy atom. The van der Waals surface area contributed by atoms with Crippen molar-refractivity contribution < 1.29 is 19.1 Å². The van der Waals surface area contributed by atoms with Crippen LogP contribution in [0.15, 0.2) is 24.3 Å². The maximum absolute atomic E-state index is 11.6. The third-order valence-corrected chi connectivity index (χ3v) is 5.35. The molecular weight excluding hydrogens is 326 g/mol. The van der Waals surface area contributed by atoms with Crippen molar-refractivity contribution in [3.63, 3.8) is 0 Å². The lowest BCUT2D eigenvalue weighted by atomic mass is 9.98. The molecule has 1 N–H and O–H groups in total. The number of hydrogen-bond acceptors (Lipinski definition) is 5. The number of benzene rings is 1. The molecule has 24 heavy (non-hydrogen) atoms.